The second kappa shape index (κ2) is 12.4. The first-order chi connectivity index (χ1) is 22.2. The van der Waals surface area contributed by atoms with Crippen LogP contribution in [0.25, 0.3) is 16.6 Å². The summed E-state index contributed by atoms with van der Waals surface area (Å²) >= 11 is 0. The highest BCUT2D eigenvalue weighted by Crippen LogP contribution is 2.47. The zero-order valence-electron chi connectivity index (χ0n) is 25.6. The fourth-order valence-electron chi connectivity index (χ4n) is 5.14. The van der Waals surface area contributed by atoms with Gasteiger partial charge in [0, 0.05) is 29.4 Å². The van der Waals surface area contributed by atoms with E-state index >= 15 is 0 Å². The maximum absolute atomic E-state index is 13.5. The molecule has 0 saturated heterocycles. The second-order valence-corrected chi connectivity index (χ2v) is 11.1. The third kappa shape index (κ3) is 6.01. The van der Waals surface area contributed by atoms with Crippen molar-refractivity contribution in [3.63, 3.8) is 0 Å². The van der Waals surface area contributed by atoms with Gasteiger partial charge in [-0.3, -0.25) is 19.7 Å². The lowest BCUT2D eigenvalue weighted by Gasteiger charge is -2.16. The first kappa shape index (κ1) is 30.4. The van der Waals surface area contributed by atoms with Gasteiger partial charge in [-0.05, 0) is 92.8 Å². The summed E-state index contributed by atoms with van der Waals surface area (Å²) in [4.78, 5) is 43.9. The smallest absolute Gasteiger partial charge is 0.417 e. The van der Waals surface area contributed by atoms with E-state index < -0.39 is 23.2 Å². The number of halogens is 1. The standard InChI is InChI=1S/C34H31FN4O7/c1-19(2)38-18-31(32(40)39(34(38)42)23-10-7-21(35)8-11-23)46-33(41)37-22-9-12-27(24(15-22)20-5-6-20)45-28-13-14-36-26-17-30(44-4)29(43-3)16-25(26)28/h7-20H,5-6H2,1-4H3,(H,37,41). The Kier molecular flexibility index (Phi) is 8.18. The normalized spacial score (nSPS) is 12.7. The lowest BCUT2D eigenvalue weighted by atomic mass is 10.1. The molecule has 1 N–H and O–H groups in total. The maximum atomic E-state index is 13.5. The number of ether oxygens (including phenoxy) is 4. The van der Waals surface area contributed by atoms with Gasteiger partial charge in [0.1, 0.15) is 17.3 Å². The van der Waals surface area contributed by atoms with Gasteiger partial charge in [0.15, 0.2) is 11.5 Å². The van der Waals surface area contributed by atoms with Crippen LogP contribution in [0.2, 0.25) is 0 Å². The molecule has 2 aromatic heterocycles. The van der Waals surface area contributed by atoms with Crippen LogP contribution < -0.4 is 35.5 Å². The topological polar surface area (TPSA) is 123 Å². The van der Waals surface area contributed by atoms with Crippen molar-refractivity contribution in [3.8, 4) is 34.4 Å². The minimum absolute atomic E-state index is 0.140. The number of anilines is 1. The van der Waals surface area contributed by atoms with Crippen LogP contribution in [0.3, 0.4) is 0 Å². The third-order valence-corrected chi connectivity index (χ3v) is 7.63. The third-order valence-electron chi connectivity index (χ3n) is 7.63. The molecule has 0 spiro atoms. The molecule has 1 saturated carbocycles. The van der Waals surface area contributed by atoms with Crippen LogP contribution in [-0.2, 0) is 0 Å². The lowest BCUT2D eigenvalue weighted by molar-refractivity contribution is 0.213. The predicted molar refractivity (Wildman–Crippen MR) is 170 cm³/mol. The number of nitrogens with one attached hydrogen (secondary N) is 1. The Morgan fingerprint density at radius 1 is 0.913 bits per heavy atom. The molecule has 3 aromatic carbocycles. The Labute approximate surface area is 262 Å². The van der Waals surface area contributed by atoms with Crippen molar-refractivity contribution in [1.29, 1.82) is 0 Å². The molecule has 0 aliphatic heterocycles. The van der Waals surface area contributed by atoms with Crippen LogP contribution >= 0.6 is 0 Å². The molecule has 236 valence electrons. The van der Waals surface area contributed by atoms with E-state index in [2.05, 4.69) is 10.3 Å². The highest BCUT2D eigenvalue weighted by Gasteiger charge is 2.28. The monoisotopic (exact) mass is 626 g/mol. The number of rotatable bonds is 9. The number of nitrogens with zero attached hydrogens (tertiary/aromatic N) is 3. The first-order valence-electron chi connectivity index (χ1n) is 14.6. The Hall–Kier alpha value is -5.65. The summed E-state index contributed by atoms with van der Waals surface area (Å²) in [5, 5.41) is 3.41. The highest BCUT2D eigenvalue weighted by molar-refractivity contribution is 5.89. The molecule has 0 bridgehead atoms. The van der Waals surface area contributed by atoms with E-state index in [9.17, 15) is 18.8 Å². The van der Waals surface area contributed by atoms with Crippen molar-refractivity contribution in [3.05, 3.63) is 105 Å². The van der Waals surface area contributed by atoms with E-state index in [0.29, 0.717) is 34.2 Å². The average Bonchev–Trinajstić information content (AvgIpc) is 3.89. The molecule has 6 rings (SSSR count). The fourth-order valence-corrected chi connectivity index (χ4v) is 5.14. The number of hydrogen-bond donors (Lipinski definition) is 1. The van der Waals surface area contributed by atoms with Crippen molar-refractivity contribution < 1.29 is 28.1 Å². The van der Waals surface area contributed by atoms with Crippen LogP contribution in [0.15, 0.2) is 82.6 Å². The number of hydrogen-bond acceptors (Lipinski definition) is 8. The quantitative estimate of drug-likeness (QED) is 0.195. The van der Waals surface area contributed by atoms with Gasteiger partial charge in [0.2, 0.25) is 5.75 Å². The van der Waals surface area contributed by atoms with Gasteiger partial charge in [-0.1, -0.05) is 0 Å². The number of methoxy groups -OCH3 is 2. The predicted octanol–water partition coefficient (Wildman–Crippen LogP) is 6.57. The van der Waals surface area contributed by atoms with E-state index in [4.69, 9.17) is 18.9 Å². The minimum atomic E-state index is -0.923. The van der Waals surface area contributed by atoms with Gasteiger partial charge in [0.25, 0.3) is 0 Å². The number of carbonyl (C=O) groups is 1. The number of pyridine rings is 1. The number of benzene rings is 3. The highest BCUT2D eigenvalue weighted by atomic mass is 19.1. The molecule has 2 heterocycles. The van der Waals surface area contributed by atoms with Crippen LogP contribution in [-0.4, -0.2) is 34.4 Å². The van der Waals surface area contributed by atoms with Crippen molar-refractivity contribution in [2.24, 2.45) is 0 Å². The number of aromatic nitrogens is 3. The summed E-state index contributed by atoms with van der Waals surface area (Å²) in [5.41, 5.74) is 0.636. The SMILES string of the molecule is COc1cc2nccc(Oc3ccc(NC(=O)Oc4cn(C(C)C)c(=O)n(-c5ccc(F)cc5)c4=O)cc3C3CC3)c2cc1OC. The molecule has 0 unspecified atom stereocenters. The molecule has 1 aliphatic carbocycles. The second-order valence-electron chi connectivity index (χ2n) is 11.1. The summed E-state index contributed by atoms with van der Waals surface area (Å²) in [6, 6.07) is 15.1. The van der Waals surface area contributed by atoms with E-state index in [0.717, 1.165) is 40.5 Å². The zero-order valence-corrected chi connectivity index (χ0v) is 25.6. The molecular weight excluding hydrogens is 595 g/mol. The molecule has 0 radical (unpaired) electrons. The van der Waals surface area contributed by atoms with E-state index in [1.54, 1.807) is 58.5 Å². The summed E-state index contributed by atoms with van der Waals surface area (Å²) in [6.07, 6.45) is 3.86. The Morgan fingerprint density at radius 3 is 2.30 bits per heavy atom. The average molecular weight is 627 g/mol. The van der Waals surface area contributed by atoms with Crippen molar-refractivity contribution in [2.45, 2.75) is 38.6 Å². The first-order valence-corrected chi connectivity index (χ1v) is 14.6. The summed E-state index contributed by atoms with van der Waals surface area (Å²) < 4.78 is 38.3. The Bertz CT molecular complexity index is 2070. The van der Waals surface area contributed by atoms with Crippen LogP contribution in [0.5, 0.6) is 28.7 Å². The molecule has 12 heteroatoms. The maximum Gasteiger partial charge on any atom is 0.417 e. The van der Waals surface area contributed by atoms with Gasteiger partial charge >= 0.3 is 17.3 Å². The zero-order chi connectivity index (χ0) is 32.5. The van der Waals surface area contributed by atoms with E-state index in [1.807, 2.05) is 12.1 Å². The van der Waals surface area contributed by atoms with Crippen molar-refractivity contribution >= 4 is 22.7 Å². The minimum Gasteiger partial charge on any atom is -0.493 e. The summed E-state index contributed by atoms with van der Waals surface area (Å²) in [6.45, 7) is 3.49. The molecule has 1 amide bonds. The molecule has 1 fully saturated rings. The van der Waals surface area contributed by atoms with Gasteiger partial charge in [0.05, 0.1) is 31.6 Å². The van der Waals surface area contributed by atoms with Gasteiger partial charge in [-0.2, -0.15) is 0 Å². The van der Waals surface area contributed by atoms with Crippen LogP contribution in [0.1, 0.15) is 44.2 Å². The molecular formula is C34H31FN4O7. The molecule has 5 aromatic rings. The number of fused-ring (bicyclic) bond motifs is 1. The van der Waals surface area contributed by atoms with E-state index in [1.165, 1.54) is 22.9 Å². The Balaban J connectivity index is 1.27. The van der Waals surface area contributed by atoms with Crippen LogP contribution in [0.4, 0.5) is 14.9 Å². The molecule has 46 heavy (non-hydrogen) atoms. The summed E-state index contributed by atoms with van der Waals surface area (Å²) in [5.74, 6) is 1.65. The van der Waals surface area contributed by atoms with Crippen molar-refractivity contribution in [2.75, 3.05) is 19.5 Å². The van der Waals surface area contributed by atoms with Crippen molar-refractivity contribution in [1.82, 2.24) is 14.1 Å². The summed E-state index contributed by atoms with van der Waals surface area (Å²) in [7, 11) is 3.12. The van der Waals surface area contributed by atoms with Crippen LogP contribution in [0, 0.1) is 5.82 Å². The molecule has 1 aliphatic rings. The molecule has 0 atom stereocenters. The van der Waals surface area contributed by atoms with Gasteiger partial charge < -0.3 is 18.9 Å². The van der Waals surface area contributed by atoms with Gasteiger partial charge in [-0.25, -0.2) is 18.5 Å². The number of carbonyl (C=O) groups excluding carboxylic acids is 1. The largest absolute Gasteiger partial charge is 0.493 e. The molecule has 11 nitrogen and oxygen atoms in total. The lowest BCUT2D eigenvalue weighted by Crippen LogP contribution is -2.40. The fraction of sp³-hybridized carbons (Fsp3) is 0.235. The Morgan fingerprint density at radius 2 is 1.63 bits per heavy atom. The number of amides is 1. The van der Waals surface area contributed by atoms with E-state index in [-0.39, 0.29) is 23.4 Å². The van der Waals surface area contributed by atoms with Gasteiger partial charge in [-0.15, -0.1) is 0 Å².